The monoisotopic (exact) mass is 332 g/mol. The van der Waals surface area contributed by atoms with Gasteiger partial charge in [0.25, 0.3) is 0 Å². The van der Waals surface area contributed by atoms with Gasteiger partial charge in [-0.25, -0.2) is 9.59 Å². The Bertz CT molecular complexity index is 615. The number of carboxylic acid groups (broad SMARTS) is 2. The first-order valence-corrected chi connectivity index (χ1v) is 7.97. The van der Waals surface area contributed by atoms with Gasteiger partial charge >= 0.3 is 11.9 Å². The topological polar surface area (TPSA) is 98.7 Å². The number of carbonyl (C=O) groups is 2. The lowest BCUT2D eigenvalue weighted by molar-refractivity contribution is -0.133. The molecule has 0 fully saturated rings. The van der Waals surface area contributed by atoms with E-state index >= 15 is 0 Å². The average Bonchev–Trinajstić information content (AvgIpc) is 2.54. The van der Waals surface area contributed by atoms with Crippen LogP contribution in [-0.4, -0.2) is 33.2 Å². The van der Waals surface area contributed by atoms with Gasteiger partial charge in [0.05, 0.1) is 22.2 Å². The van der Waals surface area contributed by atoms with Crippen LogP contribution in [0.15, 0.2) is 47.9 Å². The highest BCUT2D eigenvalue weighted by Crippen LogP contribution is 2.42. The zero-order chi connectivity index (χ0) is 18.1. The van der Waals surface area contributed by atoms with Crippen LogP contribution in [-0.2, 0) is 9.59 Å². The smallest absolute Gasteiger partial charge is 0.335 e. The summed E-state index contributed by atoms with van der Waals surface area (Å²) < 4.78 is 0. The Morgan fingerprint density at radius 3 is 1.42 bits per heavy atom. The van der Waals surface area contributed by atoms with Gasteiger partial charge in [0.2, 0.25) is 0 Å². The summed E-state index contributed by atoms with van der Waals surface area (Å²) in [6.45, 7) is 7.95. The van der Waals surface area contributed by atoms with Crippen molar-refractivity contribution in [2.75, 3.05) is 0 Å². The second-order valence-corrected chi connectivity index (χ2v) is 6.81. The minimum atomic E-state index is -1.01. The number of rotatable bonds is 5. The molecule has 6 heteroatoms. The third-order valence-corrected chi connectivity index (χ3v) is 4.94. The molecule has 4 N–H and O–H groups in total. The van der Waals surface area contributed by atoms with Crippen LogP contribution in [0.4, 0.5) is 0 Å². The van der Waals surface area contributed by atoms with E-state index in [1.54, 1.807) is 24.6 Å². The van der Waals surface area contributed by atoms with Gasteiger partial charge < -0.3 is 20.8 Å². The zero-order valence-electron chi connectivity index (χ0n) is 14.3. The van der Waals surface area contributed by atoms with Gasteiger partial charge in [-0.2, -0.15) is 0 Å². The number of carboxylic acids is 2. The Morgan fingerprint density at radius 1 is 0.833 bits per heavy atom. The van der Waals surface area contributed by atoms with E-state index in [0.717, 1.165) is 0 Å². The number of dihydropyridines is 2. The molecule has 0 bridgehead atoms. The number of hydrogen-bond acceptors (Lipinski definition) is 4. The normalized spacial score (nSPS) is 28.9. The van der Waals surface area contributed by atoms with E-state index in [0.29, 0.717) is 0 Å². The minimum absolute atomic E-state index is 0.00973. The van der Waals surface area contributed by atoms with Gasteiger partial charge in [0.15, 0.2) is 0 Å². The second-order valence-electron chi connectivity index (χ2n) is 6.81. The van der Waals surface area contributed by atoms with E-state index in [1.807, 2.05) is 27.7 Å². The summed E-state index contributed by atoms with van der Waals surface area (Å²) in [5, 5.41) is 25.5. The molecule has 0 aromatic heterocycles. The van der Waals surface area contributed by atoms with Crippen molar-refractivity contribution in [3.63, 3.8) is 0 Å². The molecule has 24 heavy (non-hydrogen) atoms. The summed E-state index contributed by atoms with van der Waals surface area (Å²) in [5.41, 5.74) is -1.22. The van der Waals surface area contributed by atoms with Crippen LogP contribution in [0.1, 0.15) is 27.7 Å². The van der Waals surface area contributed by atoms with Crippen LogP contribution in [0.5, 0.6) is 0 Å². The maximum absolute atomic E-state index is 11.5. The molecule has 0 aromatic rings. The number of nitrogens with one attached hydrogen (secondary N) is 2. The molecule has 2 atom stereocenters. The van der Waals surface area contributed by atoms with Crippen LogP contribution in [0, 0.1) is 11.8 Å². The van der Waals surface area contributed by atoms with Gasteiger partial charge in [0.1, 0.15) is 0 Å². The van der Waals surface area contributed by atoms with Gasteiger partial charge in [-0.05, 0) is 48.5 Å². The SMILES string of the molecule is CC(C)C1(C2(C(C)C)C=C(C(=O)O)C=CN2)C=C(C(=O)O)C=CN1. The molecule has 130 valence electrons. The third-order valence-electron chi connectivity index (χ3n) is 4.94. The van der Waals surface area contributed by atoms with Crippen molar-refractivity contribution >= 4 is 11.9 Å². The summed E-state index contributed by atoms with van der Waals surface area (Å²) in [5.74, 6) is -2.04. The van der Waals surface area contributed by atoms with Crippen LogP contribution < -0.4 is 10.6 Å². The summed E-state index contributed by atoms with van der Waals surface area (Å²) >= 11 is 0. The summed E-state index contributed by atoms with van der Waals surface area (Å²) in [7, 11) is 0. The molecule has 0 radical (unpaired) electrons. The molecule has 2 aliphatic rings. The quantitative estimate of drug-likeness (QED) is 0.615. The van der Waals surface area contributed by atoms with Crippen molar-refractivity contribution in [3.8, 4) is 0 Å². The molecular formula is C18H24N2O4. The highest BCUT2D eigenvalue weighted by atomic mass is 16.4. The van der Waals surface area contributed by atoms with Crippen LogP contribution in [0.25, 0.3) is 0 Å². The molecular weight excluding hydrogens is 308 g/mol. The van der Waals surface area contributed by atoms with Crippen molar-refractivity contribution in [1.29, 1.82) is 0 Å². The van der Waals surface area contributed by atoms with Gasteiger partial charge in [-0.15, -0.1) is 0 Å². The van der Waals surface area contributed by atoms with E-state index in [9.17, 15) is 19.8 Å². The lowest BCUT2D eigenvalue weighted by Gasteiger charge is -2.55. The maximum atomic E-state index is 11.5. The van der Waals surface area contributed by atoms with E-state index in [-0.39, 0.29) is 23.0 Å². The van der Waals surface area contributed by atoms with Crippen molar-refractivity contribution in [1.82, 2.24) is 10.6 Å². The largest absolute Gasteiger partial charge is 0.478 e. The first-order chi connectivity index (χ1) is 11.2. The Hall–Kier alpha value is -2.50. The first-order valence-electron chi connectivity index (χ1n) is 7.97. The minimum Gasteiger partial charge on any atom is -0.478 e. The number of aliphatic carboxylic acids is 2. The molecule has 0 saturated heterocycles. The third kappa shape index (κ3) is 2.62. The summed E-state index contributed by atoms with van der Waals surface area (Å²) in [4.78, 5) is 23.0. The van der Waals surface area contributed by atoms with Gasteiger partial charge in [-0.3, -0.25) is 0 Å². The Labute approximate surface area is 141 Å². The molecule has 2 unspecified atom stereocenters. The second kappa shape index (κ2) is 6.19. The molecule has 6 nitrogen and oxygen atoms in total. The predicted octanol–water partition coefficient (Wildman–Crippen LogP) is 2.03. The van der Waals surface area contributed by atoms with Crippen LogP contribution in [0.3, 0.4) is 0 Å². The standard InChI is InChI=1S/C18H24N2O4/c1-11(2)17(9-13(15(21)22)5-7-19-17)18(12(3)4)10-14(16(23)24)6-8-20-18/h5-12,19-20H,1-4H3,(H,21,22)(H,23,24). The van der Waals surface area contributed by atoms with Crippen LogP contribution >= 0.6 is 0 Å². The molecule has 0 aromatic carbocycles. The Kier molecular flexibility index (Phi) is 4.60. The average molecular weight is 332 g/mol. The van der Waals surface area contributed by atoms with E-state index in [4.69, 9.17) is 0 Å². The lowest BCUT2D eigenvalue weighted by atomic mass is 9.62. The molecule has 2 rings (SSSR count). The van der Waals surface area contributed by atoms with Gasteiger partial charge in [-0.1, -0.05) is 27.7 Å². The van der Waals surface area contributed by atoms with E-state index in [2.05, 4.69) is 10.6 Å². The summed E-state index contributed by atoms with van der Waals surface area (Å²) in [6.07, 6.45) is 9.67. The fraction of sp³-hybridized carbons (Fsp3) is 0.444. The molecule has 0 aliphatic carbocycles. The molecule has 0 amide bonds. The van der Waals surface area contributed by atoms with Crippen molar-refractivity contribution < 1.29 is 19.8 Å². The molecule has 0 saturated carbocycles. The van der Waals surface area contributed by atoms with Crippen molar-refractivity contribution in [2.45, 2.75) is 38.8 Å². The number of hydrogen-bond donors (Lipinski definition) is 4. The van der Waals surface area contributed by atoms with Crippen molar-refractivity contribution in [3.05, 3.63) is 47.9 Å². The van der Waals surface area contributed by atoms with E-state index in [1.165, 1.54) is 12.2 Å². The zero-order valence-corrected chi connectivity index (χ0v) is 14.3. The fourth-order valence-corrected chi connectivity index (χ4v) is 3.57. The highest BCUT2D eigenvalue weighted by Gasteiger charge is 2.54. The fourth-order valence-electron chi connectivity index (χ4n) is 3.57. The summed E-state index contributed by atoms with van der Waals surface area (Å²) in [6, 6.07) is 0. The molecule has 2 aliphatic heterocycles. The highest BCUT2D eigenvalue weighted by molar-refractivity contribution is 5.91. The molecule has 0 spiro atoms. The first kappa shape index (κ1) is 17.8. The Balaban J connectivity index is 2.72. The lowest BCUT2D eigenvalue weighted by Crippen LogP contribution is -2.71. The molecule has 2 heterocycles. The van der Waals surface area contributed by atoms with Crippen molar-refractivity contribution in [2.24, 2.45) is 11.8 Å². The maximum Gasteiger partial charge on any atom is 0.335 e. The predicted molar refractivity (Wildman–Crippen MR) is 91.1 cm³/mol. The van der Waals surface area contributed by atoms with Crippen LogP contribution in [0.2, 0.25) is 0 Å². The van der Waals surface area contributed by atoms with Gasteiger partial charge in [0, 0.05) is 0 Å². The Morgan fingerprint density at radius 2 is 1.17 bits per heavy atom. The van der Waals surface area contributed by atoms with E-state index < -0.39 is 23.0 Å².